The molecule has 0 saturated carbocycles. The van der Waals surface area contributed by atoms with Crippen LogP contribution in [0.5, 0.6) is 0 Å². The van der Waals surface area contributed by atoms with Crippen LogP contribution in [0.15, 0.2) is 36.4 Å². The molecule has 0 aliphatic rings. The van der Waals surface area contributed by atoms with Crippen molar-refractivity contribution in [1.29, 1.82) is 0 Å². The molecule has 0 radical (unpaired) electrons. The molecule has 0 fully saturated rings. The van der Waals surface area contributed by atoms with Gasteiger partial charge in [0.1, 0.15) is 11.6 Å². The Morgan fingerprint density at radius 1 is 1.16 bits per heavy atom. The van der Waals surface area contributed by atoms with Crippen LogP contribution < -0.4 is 5.32 Å². The van der Waals surface area contributed by atoms with E-state index >= 15 is 0 Å². The highest BCUT2D eigenvalue weighted by Crippen LogP contribution is 2.22. The molecule has 0 bridgehead atoms. The highest BCUT2D eigenvalue weighted by atomic mass is 32.2. The molecule has 0 spiro atoms. The number of hydrogen-bond acceptors (Lipinski definition) is 4. The highest BCUT2D eigenvalue weighted by Gasteiger charge is 2.07. The molecule has 1 heterocycles. The summed E-state index contributed by atoms with van der Waals surface area (Å²) >= 11 is 1.85. The van der Waals surface area contributed by atoms with Crippen LogP contribution in [-0.2, 0) is 5.75 Å². The minimum absolute atomic E-state index is 0.585. The van der Waals surface area contributed by atoms with E-state index in [0.717, 1.165) is 28.7 Å². The fraction of sp³-hybridized carbons (Fsp3) is 0.333. The second-order valence-electron chi connectivity index (χ2n) is 4.53. The Kier molecular flexibility index (Phi) is 4.80. The molecular weight excluding hydrogens is 254 g/mol. The summed E-state index contributed by atoms with van der Waals surface area (Å²) in [6.45, 7) is 4.37. The van der Waals surface area contributed by atoms with Crippen molar-refractivity contribution in [3.63, 3.8) is 0 Å². The third-order valence-corrected chi connectivity index (χ3v) is 3.74. The molecule has 0 amide bonds. The van der Waals surface area contributed by atoms with E-state index in [2.05, 4.69) is 41.3 Å². The van der Waals surface area contributed by atoms with Crippen LogP contribution in [0.1, 0.15) is 19.7 Å². The Labute approximate surface area is 118 Å². The van der Waals surface area contributed by atoms with Crippen molar-refractivity contribution in [3.8, 4) is 11.3 Å². The van der Waals surface area contributed by atoms with Gasteiger partial charge in [0.2, 0.25) is 0 Å². The minimum atomic E-state index is 0.585. The molecule has 2 rings (SSSR count). The average molecular weight is 273 g/mol. The number of anilines is 1. The van der Waals surface area contributed by atoms with Gasteiger partial charge in [0.05, 0.1) is 11.4 Å². The highest BCUT2D eigenvalue weighted by molar-refractivity contribution is 7.99. The zero-order chi connectivity index (χ0) is 13.7. The number of thioether (sulfide) groups is 1. The maximum atomic E-state index is 4.65. The summed E-state index contributed by atoms with van der Waals surface area (Å²) < 4.78 is 0. The van der Waals surface area contributed by atoms with E-state index in [1.165, 1.54) is 0 Å². The van der Waals surface area contributed by atoms with Crippen molar-refractivity contribution in [2.45, 2.75) is 24.9 Å². The lowest BCUT2D eigenvalue weighted by Crippen LogP contribution is -2.02. The van der Waals surface area contributed by atoms with Crippen LogP contribution in [0.2, 0.25) is 0 Å². The van der Waals surface area contributed by atoms with Gasteiger partial charge in [-0.05, 0) is 5.25 Å². The molecule has 4 heteroatoms. The molecule has 0 unspecified atom stereocenters. The van der Waals surface area contributed by atoms with Crippen molar-refractivity contribution in [3.05, 3.63) is 42.2 Å². The van der Waals surface area contributed by atoms with Crippen molar-refractivity contribution in [2.75, 3.05) is 12.4 Å². The first-order valence-corrected chi connectivity index (χ1v) is 7.46. The van der Waals surface area contributed by atoms with Gasteiger partial charge in [-0.25, -0.2) is 9.97 Å². The second kappa shape index (κ2) is 6.57. The smallest absolute Gasteiger partial charge is 0.141 e. The molecule has 0 atom stereocenters. The van der Waals surface area contributed by atoms with E-state index in [9.17, 15) is 0 Å². The number of nitrogens with one attached hydrogen (secondary N) is 1. The summed E-state index contributed by atoms with van der Waals surface area (Å²) in [6.07, 6.45) is 0. The van der Waals surface area contributed by atoms with Crippen molar-refractivity contribution in [2.24, 2.45) is 0 Å². The summed E-state index contributed by atoms with van der Waals surface area (Å²) in [5.41, 5.74) is 2.09. The van der Waals surface area contributed by atoms with E-state index in [-0.39, 0.29) is 0 Å². The monoisotopic (exact) mass is 273 g/mol. The molecule has 0 aliphatic carbocycles. The van der Waals surface area contributed by atoms with Crippen LogP contribution in [0.25, 0.3) is 11.3 Å². The SMILES string of the molecule is CNc1cc(-c2ccccc2)nc(CSC(C)C)n1. The lowest BCUT2D eigenvalue weighted by atomic mass is 10.1. The van der Waals surface area contributed by atoms with E-state index in [0.29, 0.717) is 5.25 Å². The van der Waals surface area contributed by atoms with Crippen LogP contribution in [0.3, 0.4) is 0 Å². The van der Waals surface area contributed by atoms with Crippen molar-refractivity contribution in [1.82, 2.24) is 9.97 Å². The number of aromatic nitrogens is 2. The number of benzene rings is 1. The second-order valence-corrected chi connectivity index (χ2v) is 6.10. The topological polar surface area (TPSA) is 37.8 Å². The first kappa shape index (κ1) is 13.9. The number of hydrogen-bond donors (Lipinski definition) is 1. The third kappa shape index (κ3) is 3.96. The molecule has 1 aromatic carbocycles. The predicted molar refractivity (Wildman–Crippen MR) is 83.4 cm³/mol. The fourth-order valence-corrected chi connectivity index (χ4v) is 2.30. The summed E-state index contributed by atoms with van der Waals surface area (Å²) in [5, 5.41) is 3.69. The van der Waals surface area contributed by atoms with E-state index in [4.69, 9.17) is 0 Å². The number of nitrogens with zero attached hydrogens (tertiary/aromatic N) is 2. The summed E-state index contributed by atoms with van der Waals surface area (Å²) in [7, 11) is 1.89. The average Bonchev–Trinajstić information content (AvgIpc) is 2.45. The van der Waals surface area contributed by atoms with Gasteiger partial charge in [0.15, 0.2) is 0 Å². The van der Waals surface area contributed by atoms with Crippen LogP contribution in [-0.4, -0.2) is 22.3 Å². The first-order chi connectivity index (χ1) is 9.19. The Bertz CT molecular complexity index is 526. The van der Waals surface area contributed by atoms with Gasteiger partial charge in [0.25, 0.3) is 0 Å². The molecule has 1 N–H and O–H groups in total. The van der Waals surface area contributed by atoms with Gasteiger partial charge >= 0.3 is 0 Å². The summed E-state index contributed by atoms with van der Waals surface area (Å²) in [4.78, 5) is 9.16. The standard InChI is InChI=1S/C15H19N3S/c1-11(2)19-10-15-17-13(9-14(16-3)18-15)12-7-5-4-6-8-12/h4-9,11H,10H2,1-3H3,(H,16,17,18). The predicted octanol–water partition coefficient (Wildman–Crippen LogP) is 3.83. The van der Waals surface area contributed by atoms with Crippen molar-refractivity contribution < 1.29 is 0 Å². The van der Waals surface area contributed by atoms with Crippen LogP contribution in [0.4, 0.5) is 5.82 Å². The molecule has 19 heavy (non-hydrogen) atoms. The summed E-state index contributed by atoms with van der Waals surface area (Å²) in [5.74, 6) is 2.59. The maximum Gasteiger partial charge on any atom is 0.141 e. The first-order valence-electron chi connectivity index (χ1n) is 6.42. The lowest BCUT2D eigenvalue weighted by Gasteiger charge is -2.09. The fourth-order valence-electron chi connectivity index (χ4n) is 1.69. The Morgan fingerprint density at radius 3 is 2.53 bits per heavy atom. The molecule has 0 aliphatic heterocycles. The van der Waals surface area contributed by atoms with Gasteiger partial charge in [-0.15, -0.1) is 0 Å². The molecule has 1 aromatic heterocycles. The molecular formula is C15H19N3S. The minimum Gasteiger partial charge on any atom is -0.373 e. The van der Waals surface area contributed by atoms with Gasteiger partial charge in [-0.2, -0.15) is 11.8 Å². The maximum absolute atomic E-state index is 4.65. The Hall–Kier alpha value is -1.55. The van der Waals surface area contributed by atoms with Gasteiger partial charge < -0.3 is 5.32 Å². The zero-order valence-electron chi connectivity index (χ0n) is 11.6. The van der Waals surface area contributed by atoms with Gasteiger partial charge in [-0.3, -0.25) is 0 Å². The van der Waals surface area contributed by atoms with Gasteiger partial charge in [-0.1, -0.05) is 44.2 Å². The van der Waals surface area contributed by atoms with Gasteiger partial charge in [0, 0.05) is 18.7 Å². The lowest BCUT2D eigenvalue weighted by molar-refractivity contribution is 1.03. The third-order valence-electron chi connectivity index (χ3n) is 2.64. The van der Waals surface area contributed by atoms with E-state index < -0.39 is 0 Å². The molecule has 0 saturated heterocycles. The van der Waals surface area contributed by atoms with Crippen molar-refractivity contribution >= 4 is 17.6 Å². The Morgan fingerprint density at radius 2 is 1.89 bits per heavy atom. The van der Waals surface area contributed by atoms with E-state index in [1.54, 1.807) is 0 Å². The zero-order valence-corrected chi connectivity index (χ0v) is 12.4. The summed E-state index contributed by atoms with van der Waals surface area (Å²) in [6, 6.07) is 12.2. The molecule has 3 nitrogen and oxygen atoms in total. The normalized spacial score (nSPS) is 10.7. The van der Waals surface area contributed by atoms with Crippen LogP contribution >= 0.6 is 11.8 Å². The van der Waals surface area contributed by atoms with Crippen LogP contribution in [0, 0.1) is 0 Å². The largest absolute Gasteiger partial charge is 0.373 e. The number of rotatable bonds is 5. The quantitative estimate of drug-likeness (QED) is 0.898. The molecule has 2 aromatic rings. The Balaban J connectivity index is 2.31. The molecule has 100 valence electrons. The van der Waals surface area contributed by atoms with E-state index in [1.807, 2.05) is 43.1 Å².